The predicted molar refractivity (Wildman–Crippen MR) is 126 cm³/mol. The number of benzene rings is 2. The first kappa shape index (κ1) is 23.4. The quantitative estimate of drug-likeness (QED) is 0.592. The summed E-state index contributed by atoms with van der Waals surface area (Å²) in [6.07, 6.45) is 3.93. The van der Waals surface area contributed by atoms with Crippen LogP contribution < -0.4 is 15.8 Å². The molecule has 2 atom stereocenters. The lowest BCUT2D eigenvalue weighted by molar-refractivity contribution is -0.123. The molecule has 2 aromatic carbocycles. The summed E-state index contributed by atoms with van der Waals surface area (Å²) >= 11 is 0. The van der Waals surface area contributed by atoms with Crippen LogP contribution in [0.25, 0.3) is 0 Å². The Bertz CT molecular complexity index is 973. The first-order valence-electron chi connectivity index (χ1n) is 11.1. The molecule has 0 aromatic heterocycles. The number of amides is 2. The van der Waals surface area contributed by atoms with Gasteiger partial charge in [0.25, 0.3) is 5.91 Å². The SMILES string of the molecule is CC=C1N(C)C(C)CC1(c1ccccc1)c1cccc(OCC(=O)NCCCC(N)=O)c1. The molecule has 0 radical (unpaired) electrons. The fourth-order valence-corrected chi connectivity index (χ4v) is 4.64. The third-order valence-electron chi connectivity index (χ3n) is 6.24. The van der Waals surface area contributed by atoms with Crippen molar-refractivity contribution in [1.29, 1.82) is 0 Å². The zero-order chi connectivity index (χ0) is 23.1. The molecule has 0 spiro atoms. The molecular weight excluding hydrogens is 402 g/mol. The van der Waals surface area contributed by atoms with Gasteiger partial charge in [0.15, 0.2) is 6.61 Å². The highest BCUT2D eigenvalue weighted by Gasteiger charge is 2.47. The van der Waals surface area contributed by atoms with E-state index >= 15 is 0 Å². The molecule has 6 nitrogen and oxygen atoms in total. The highest BCUT2D eigenvalue weighted by molar-refractivity contribution is 5.77. The van der Waals surface area contributed by atoms with Gasteiger partial charge in [-0.15, -0.1) is 0 Å². The van der Waals surface area contributed by atoms with Gasteiger partial charge in [-0.05, 0) is 49.9 Å². The first-order valence-corrected chi connectivity index (χ1v) is 11.1. The van der Waals surface area contributed by atoms with E-state index in [1.165, 1.54) is 11.3 Å². The van der Waals surface area contributed by atoms with Crippen molar-refractivity contribution in [2.45, 2.75) is 44.6 Å². The molecule has 3 N–H and O–H groups in total. The lowest BCUT2D eigenvalue weighted by Gasteiger charge is -2.33. The number of hydrogen-bond donors (Lipinski definition) is 2. The van der Waals surface area contributed by atoms with Gasteiger partial charge in [0.1, 0.15) is 5.75 Å². The summed E-state index contributed by atoms with van der Waals surface area (Å²) in [4.78, 5) is 25.2. The van der Waals surface area contributed by atoms with Crippen molar-refractivity contribution < 1.29 is 14.3 Å². The highest BCUT2D eigenvalue weighted by atomic mass is 16.5. The number of nitrogens with zero attached hydrogens (tertiary/aromatic N) is 1. The number of ether oxygens (including phenoxy) is 1. The number of carbonyl (C=O) groups is 2. The number of primary amides is 1. The fourth-order valence-electron chi connectivity index (χ4n) is 4.64. The molecule has 1 saturated heterocycles. The summed E-state index contributed by atoms with van der Waals surface area (Å²) in [7, 11) is 2.15. The van der Waals surface area contributed by atoms with Gasteiger partial charge in [0, 0.05) is 31.8 Å². The van der Waals surface area contributed by atoms with Gasteiger partial charge in [-0.1, -0.05) is 48.5 Å². The summed E-state index contributed by atoms with van der Waals surface area (Å²) in [6.45, 7) is 4.66. The Labute approximate surface area is 190 Å². The Morgan fingerprint density at radius 1 is 1.19 bits per heavy atom. The van der Waals surface area contributed by atoms with Crippen LogP contribution in [0.3, 0.4) is 0 Å². The summed E-state index contributed by atoms with van der Waals surface area (Å²) < 4.78 is 5.81. The van der Waals surface area contributed by atoms with E-state index in [0.717, 1.165) is 12.0 Å². The molecule has 0 bridgehead atoms. The number of likely N-dealkylation sites (tertiary alicyclic amines) is 1. The van der Waals surface area contributed by atoms with E-state index in [-0.39, 0.29) is 30.3 Å². The molecule has 0 aliphatic carbocycles. The lowest BCUT2D eigenvalue weighted by Crippen LogP contribution is -2.30. The van der Waals surface area contributed by atoms with Gasteiger partial charge in [0.2, 0.25) is 5.91 Å². The zero-order valence-electron chi connectivity index (χ0n) is 19.1. The molecule has 3 rings (SSSR count). The van der Waals surface area contributed by atoms with Crippen LogP contribution in [0.4, 0.5) is 0 Å². The minimum Gasteiger partial charge on any atom is -0.484 e. The molecule has 2 unspecified atom stereocenters. The maximum atomic E-state index is 12.1. The number of carbonyl (C=O) groups excluding carboxylic acids is 2. The minimum atomic E-state index is -0.368. The average molecular weight is 436 g/mol. The summed E-state index contributed by atoms with van der Waals surface area (Å²) in [6, 6.07) is 19.0. The predicted octanol–water partition coefficient (Wildman–Crippen LogP) is 3.36. The van der Waals surface area contributed by atoms with Gasteiger partial charge in [-0.25, -0.2) is 0 Å². The lowest BCUT2D eigenvalue weighted by atomic mass is 9.70. The van der Waals surface area contributed by atoms with Crippen molar-refractivity contribution in [2.75, 3.05) is 20.2 Å². The van der Waals surface area contributed by atoms with E-state index in [0.29, 0.717) is 24.8 Å². The van der Waals surface area contributed by atoms with Crippen molar-refractivity contribution in [1.82, 2.24) is 10.2 Å². The zero-order valence-corrected chi connectivity index (χ0v) is 19.1. The van der Waals surface area contributed by atoms with Gasteiger partial charge >= 0.3 is 0 Å². The van der Waals surface area contributed by atoms with Gasteiger partial charge in [-0.3, -0.25) is 9.59 Å². The second-order valence-corrected chi connectivity index (χ2v) is 8.35. The number of allylic oxidation sites excluding steroid dienone is 2. The minimum absolute atomic E-state index is 0.0782. The standard InChI is InChI=1S/C26H33N3O3/c1-4-23-26(17-19(2)29(23)3,20-10-6-5-7-11-20)21-12-8-13-22(16-21)32-18-25(31)28-15-9-14-24(27)30/h4-8,10-13,16,19H,9,14-15,17-18H2,1-3H3,(H2,27,30)(H,28,31). The fraction of sp³-hybridized carbons (Fsp3) is 0.385. The third kappa shape index (κ3) is 4.96. The Morgan fingerprint density at radius 2 is 1.91 bits per heavy atom. The molecule has 1 fully saturated rings. The number of likely N-dealkylation sites (N-methyl/N-ethyl adjacent to an activating group) is 1. The monoisotopic (exact) mass is 435 g/mol. The smallest absolute Gasteiger partial charge is 0.257 e. The van der Waals surface area contributed by atoms with Crippen LogP contribution in [-0.2, 0) is 15.0 Å². The van der Waals surface area contributed by atoms with Crippen LogP contribution in [-0.4, -0.2) is 43.0 Å². The maximum absolute atomic E-state index is 12.1. The Balaban J connectivity index is 1.81. The largest absolute Gasteiger partial charge is 0.484 e. The van der Waals surface area contributed by atoms with Gasteiger partial charge in [-0.2, -0.15) is 0 Å². The van der Waals surface area contributed by atoms with Gasteiger partial charge < -0.3 is 20.7 Å². The molecule has 2 amide bonds. The summed E-state index contributed by atoms with van der Waals surface area (Å²) in [5.41, 5.74) is 8.49. The van der Waals surface area contributed by atoms with Crippen molar-refractivity contribution in [3.63, 3.8) is 0 Å². The molecule has 0 saturated carbocycles. The van der Waals surface area contributed by atoms with Crippen LogP contribution in [0.5, 0.6) is 5.75 Å². The number of hydrogen-bond acceptors (Lipinski definition) is 4. The molecule has 6 heteroatoms. The Kier molecular flexibility index (Phi) is 7.57. The Morgan fingerprint density at radius 3 is 2.59 bits per heavy atom. The number of nitrogens with two attached hydrogens (primary N) is 1. The highest BCUT2D eigenvalue weighted by Crippen LogP contribution is 2.50. The van der Waals surface area contributed by atoms with E-state index < -0.39 is 0 Å². The van der Waals surface area contributed by atoms with Crippen molar-refractivity contribution >= 4 is 11.8 Å². The van der Waals surface area contributed by atoms with Crippen LogP contribution in [0.15, 0.2) is 66.4 Å². The van der Waals surface area contributed by atoms with Crippen molar-refractivity contribution in [2.24, 2.45) is 5.73 Å². The molecule has 32 heavy (non-hydrogen) atoms. The summed E-state index contributed by atoms with van der Waals surface area (Å²) in [5, 5.41) is 2.75. The van der Waals surface area contributed by atoms with Crippen LogP contribution >= 0.6 is 0 Å². The van der Waals surface area contributed by atoms with E-state index in [4.69, 9.17) is 10.5 Å². The molecule has 1 aliphatic rings. The first-order chi connectivity index (χ1) is 15.4. The number of rotatable bonds is 9. The summed E-state index contributed by atoms with van der Waals surface area (Å²) in [5.74, 6) is 0.0656. The number of nitrogens with one attached hydrogen (secondary N) is 1. The van der Waals surface area contributed by atoms with E-state index in [1.54, 1.807) is 0 Å². The normalized spacial score (nSPS) is 21.5. The van der Waals surface area contributed by atoms with Gasteiger partial charge in [0.05, 0.1) is 5.41 Å². The van der Waals surface area contributed by atoms with E-state index in [1.807, 2.05) is 24.3 Å². The average Bonchev–Trinajstić information content (AvgIpc) is 3.06. The van der Waals surface area contributed by atoms with Crippen molar-refractivity contribution in [3.8, 4) is 5.75 Å². The Hall–Kier alpha value is -3.28. The molecule has 1 heterocycles. The van der Waals surface area contributed by atoms with Crippen molar-refractivity contribution in [3.05, 3.63) is 77.5 Å². The topological polar surface area (TPSA) is 84.7 Å². The van der Waals surface area contributed by atoms with Crippen LogP contribution in [0.1, 0.15) is 44.2 Å². The molecule has 2 aromatic rings. The second-order valence-electron chi connectivity index (χ2n) is 8.35. The van der Waals surface area contributed by atoms with E-state index in [2.05, 4.69) is 67.5 Å². The second kappa shape index (κ2) is 10.4. The third-order valence-corrected chi connectivity index (χ3v) is 6.24. The molecular formula is C26H33N3O3. The molecule has 170 valence electrons. The van der Waals surface area contributed by atoms with Crippen LogP contribution in [0, 0.1) is 0 Å². The van der Waals surface area contributed by atoms with Crippen LogP contribution in [0.2, 0.25) is 0 Å². The maximum Gasteiger partial charge on any atom is 0.257 e. The van der Waals surface area contributed by atoms with E-state index in [9.17, 15) is 9.59 Å². The molecule has 1 aliphatic heterocycles.